The summed E-state index contributed by atoms with van der Waals surface area (Å²) in [5.41, 5.74) is 0.789. The van der Waals surface area contributed by atoms with Gasteiger partial charge in [0.05, 0.1) is 11.6 Å². The lowest BCUT2D eigenvalue weighted by Gasteiger charge is -2.06. The molecule has 0 saturated heterocycles. The average Bonchev–Trinajstić information content (AvgIpc) is 2.70. The average molecular weight is 256 g/mol. The van der Waals surface area contributed by atoms with Gasteiger partial charge in [-0.2, -0.15) is 18.4 Å². The van der Waals surface area contributed by atoms with Gasteiger partial charge in [0.25, 0.3) is 0 Å². The van der Waals surface area contributed by atoms with Gasteiger partial charge in [-0.15, -0.1) is 10.2 Å². The van der Waals surface area contributed by atoms with Crippen molar-refractivity contribution in [2.75, 3.05) is 6.61 Å². The number of ether oxygens (including phenoxy) is 1. The van der Waals surface area contributed by atoms with Crippen LogP contribution in [0.15, 0.2) is 18.3 Å². The molecule has 0 aliphatic heterocycles. The first-order valence-electron chi connectivity index (χ1n) is 4.88. The van der Waals surface area contributed by atoms with Crippen molar-refractivity contribution >= 4 is 5.65 Å². The van der Waals surface area contributed by atoms with Gasteiger partial charge in [-0.1, -0.05) is 0 Å². The van der Waals surface area contributed by atoms with Gasteiger partial charge in [0.1, 0.15) is 13.2 Å². The monoisotopic (exact) mass is 256 g/mol. The lowest BCUT2D eigenvalue weighted by Crippen LogP contribution is -2.17. The minimum atomic E-state index is -4.37. The van der Waals surface area contributed by atoms with Crippen molar-refractivity contribution < 1.29 is 17.9 Å². The lowest BCUT2D eigenvalue weighted by molar-refractivity contribution is -0.177. The summed E-state index contributed by atoms with van der Waals surface area (Å²) < 4.78 is 41.6. The van der Waals surface area contributed by atoms with E-state index in [0.717, 1.165) is 0 Å². The third kappa shape index (κ3) is 2.75. The molecule has 2 aromatic heterocycles. The Morgan fingerprint density at radius 1 is 1.39 bits per heavy atom. The van der Waals surface area contributed by atoms with Crippen molar-refractivity contribution in [3.8, 4) is 6.07 Å². The van der Waals surface area contributed by atoms with Crippen LogP contribution in [0.2, 0.25) is 0 Å². The number of halogens is 3. The summed E-state index contributed by atoms with van der Waals surface area (Å²) in [7, 11) is 0. The zero-order chi connectivity index (χ0) is 13.2. The van der Waals surface area contributed by atoms with Gasteiger partial charge in [0, 0.05) is 12.3 Å². The highest BCUT2D eigenvalue weighted by atomic mass is 19.4. The summed E-state index contributed by atoms with van der Waals surface area (Å²) in [6.07, 6.45) is -2.85. The second-order valence-electron chi connectivity index (χ2n) is 3.48. The van der Waals surface area contributed by atoms with Crippen molar-refractivity contribution in [2.45, 2.75) is 12.8 Å². The molecular formula is C10H7F3N4O. The molecule has 8 heteroatoms. The van der Waals surface area contributed by atoms with Crippen LogP contribution in [0.1, 0.15) is 11.4 Å². The molecule has 0 saturated carbocycles. The molecule has 0 aromatic carbocycles. The van der Waals surface area contributed by atoms with E-state index in [0.29, 0.717) is 11.2 Å². The number of nitrogens with zero attached hydrogens (tertiary/aromatic N) is 4. The number of fused-ring (bicyclic) bond motifs is 1. The van der Waals surface area contributed by atoms with Crippen LogP contribution in [0.3, 0.4) is 0 Å². The molecule has 2 aromatic rings. The highest BCUT2D eigenvalue weighted by molar-refractivity contribution is 5.45. The van der Waals surface area contributed by atoms with Crippen LogP contribution in [-0.2, 0) is 11.3 Å². The summed E-state index contributed by atoms with van der Waals surface area (Å²) >= 11 is 0. The molecule has 0 bridgehead atoms. The van der Waals surface area contributed by atoms with Crippen LogP contribution in [-0.4, -0.2) is 27.4 Å². The smallest absolute Gasteiger partial charge is 0.364 e. The number of pyridine rings is 1. The predicted octanol–water partition coefficient (Wildman–Crippen LogP) is 1.68. The van der Waals surface area contributed by atoms with Crippen molar-refractivity contribution in [1.29, 1.82) is 5.26 Å². The number of rotatable bonds is 3. The molecule has 2 heterocycles. The van der Waals surface area contributed by atoms with E-state index < -0.39 is 12.8 Å². The molecule has 5 nitrogen and oxygen atoms in total. The molecule has 0 spiro atoms. The number of aromatic nitrogens is 3. The number of hydrogen-bond donors (Lipinski definition) is 0. The van der Waals surface area contributed by atoms with Crippen LogP contribution in [0.25, 0.3) is 5.65 Å². The number of hydrogen-bond acceptors (Lipinski definition) is 4. The van der Waals surface area contributed by atoms with E-state index in [-0.39, 0.29) is 12.4 Å². The van der Waals surface area contributed by atoms with Crippen LogP contribution >= 0.6 is 0 Å². The predicted molar refractivity (Wildman–Crippen MR) is 53.4 cm³/mol. The highest BCUT2D eigenvalue weighted by Gasteiger charge is 2.27. The maximum Gasteiger partial charge on any atom is 0.411 e. The third-order valence-electron chi connectivity index (χ3n) is 2.11. The van der Waals surface area contributed by atoms with E-state index >= 15 is 0 Å². The Morgan fingerprint density at radius 2 is 2.17 bits per heavy atom. The Bertz CT molecular complexity index is 599. The molecule has 0 aliphatic rings. The highest BCUT2D eigenvalue weighted by Crippen LogP contribution is 2.15. The first-order valence-corrected chi connectivity index (χ1v) is 4.88. The summed E-state index contributed by atoms with van der Waals surface area (Å²) in [5.74, 6) is 0.249. The van der Waals surface area contributed by atoms with Crippen molar-refractivity contribution in [1.82, 2.24) is 14.6 Å². The fourth-order valence-electron chi connectivity index (χ4n) is 1.37. The normalized spacial score (nSPS) is 11.7. The van der Waals surface area contributed by atoms with Gasteiger partial charge in [-0.05, 0) is 6.07 Å². The zero-order valence-electron chi connectivity index (χ0n) is 8.98. The van der Waals surface area contributed by atoms with Gasteiger partial charge in [-0.25, -0.2) is 0 Å². The Hall–Kier alpha value is -2.14. The number of nitriles is 1. The van der Waals surface area contributed by atoms with E-state index in [2.05, 4.69) is 14.9 Å². The standard InChI is InChI=1S/C10H7F3N4O/c11-10(12,13)6-18-5-9-16-15-8-3-7(4-14)1-2-17(8)9/h1-3H,5-6H2. The van der Waals surface area contributed by atoms with Crippen molar-refractivity contribution in [2.24, 2.45) is 0 Å². The molecule has 2 rings (SSSR count). The third-order valence-corrected chi connectivity index (χ3v) is 2.11. The van der Waals surface area contributed by atoms with E-state index in [1.54, 1.807) is 0 Å². The van der Waals surface area contributed by atoms with Crippen LogP contribution in [0, 0.1) is 11.3 Å². The van der Waals surface area contributed by atoms with Gasteiger partial charge < -0.3 is 4.74 Å². The van der Waals surface area contributed by atoms with Crippen LogP contribution in [0.4, 0.5) is 13.2 Å². The lowest BCUT2D eigenvalue weighted by atomic mass is 10.3. The fourth-order valence-corrected chi connectivity index (χ4v) is 1.37. The van der Waals surface area contributed by atoms with Gasteiger partial charge in [0.2, 0.25) is 0 Å². The topological polar surface area (TPSA) is 63.2 Å². The maximum atomic E-state index is 11.9. The van der Waals surface area contributed by atoms with Crippen LogP contribution < -0.4 is 0 Å². The van der Waals surface area contributed by atoms with Crippen molar-refractivity contribution in [3.05, 3.63) is 29.7 Å². The maximum absolute atomic E-state index is 11.9. The summed E-state index contributed by atoms with van der Waals surface area (Å²) in [6.45, 7) is -1.63. The van der Waals surface area contributed by atoms with Gasteiger partial charge in [-0.3, -0.25) is 4.40 Å². The zero-order valence-corrected chi connectivity index (χ0v) is 8.98. The molecule has 0 unspecified atom stereocenters. The molecular weight excluding hydrogens is 249 g/mol. The Kier molecular flexibility index (Phi) is 3.16. The quantitative estimate of drug-likeness (QED) is 0.838. The Balaban J connectivity index is 2.13. The summed E-state index contributed by atoms with van der Waals surface area (Å²) in [6, 6.07) is 4.93. The van der Waals surface area contributed by atoms with E-state index in [9.17, 15) is 13.2 Å². The molecule has 0 N–H and O–H groups in total. The second-order valence-corrected chi connectivity index (χ2v) is 3.48. The number of alkyl halides is 3. The van der Waals surface area contributed by atoms with Gasteiger partial charge >= 0.3 is 6.18 Å². The minimum absolute atomic E-state index is 0.249. The SMILES string of the molecule is N#Cc1ccn2c(COCC(F)(F)F)nnc2c1. The van der Waals surface area contributed by atoms with E-state index in [1.165, 1.54) is 22.7 Å². The molecule has 18 heavy (non-hydrogen) atoms. The van der Waals surface area contributed by atoms with Crippen molar-refractivity contribution in [3.63, 3.8) is 0 Å². The molecule has 0 aliphatic carbocycles. The second kappa shape index (κ2) is 4.62. The molecule has 0 radical (unpaired) electrons. The Morgan fingerprint density at radius 3 is 2.83 bits per heavy atom. The molecule has 0 amide bonds. The van der Waals surface area contributed by atoms with E-state index in [1.807, 2.05) is 6.07 Å². The molecule has 94 valence electrons. The largest absolute Gasteiger partial charge is 0.411 e. The Labute approximate surface area is 99.4 Å². The molecule has 0 atom stereocenters. The molecule has 0 fully saturated rings. The van der Waals surface area contributed by atoms with E-state index in [4.69, 9.17) is 5.26 Å². The first-order chi connectivity index (χ1) is 8.49. The minimum Gasteiger partial charge on any atom is -0.364 e. The summed E-state index contributed by atoms with van der Waals surface area (Å²) in [4.78, 5) is 0. The fraction of sp³-hybridized carbons (Fsp3) is 0.300. The van der Waals surface area contributed by atoms with Crippen LogP contribution in [0.5, 0.6) is 0 Å². The van der Waals surface area contributed by atoms with Gasteiger partial charge in [0.15, 0.2) is 11.5 Å². The summed E-state index contributed by atoms with van der Waals surface area (Å²) in [5, 5.41) is 16.1. The first kappa shape index (κ1) is 12.3.